The van der Waals surface area contributed by atoms with Gasteiger partial charge in [0.1, 0.15) is 4.90 Å². The Morgan fingerprint density at radius 3 is 2.50 bits per heavy atom. The van der Waals surface area contributed by atoms with Crippen LogP contribution >= 0.6 is 0 Å². The van der Waals surface area contributed by atoms with Crippen LogP contribution in [-0.4, -0.2) is 50.5 Å². The lowest BCUT2D eigenvalue weighted by atomic mass is 9.82. The van der Waals surface area contributed by atoms with E-state index in [1.165, 1.54) is 6.92 Å². The Balaban J connectivity index is 2.31. The van der Waals surface area contributed by atoms with Crippen LogP contribution in [0.15, 0.2) is 40.3 Å². The van der Waals surface area contributed by atoms with E-state index in [9.17, 15) is 36.4 Å². The van der Waals surface area contributed by atoms with E-state index in [0.717, 1.165) is 24.4 Å². The molecule has 0 saturated carbocycles. The Morgan fingerprint density at radius 2 is 1.93 bits per heavy atom. The molecule has 3 aromatic rings. The average Bonchev–Trinajstić information content (AvgIpc) is 2.96. The summed E-state index contributed by atoms with van der Waals surface area (Å²) in [5, 5.41) is 22.3. The minimum atomic E-state index is -4.69. The van der Waals surface area contributed by atoms with Gasteiger partial charge in [-0.2, -0.15) is 17.9 Å². The predicted octanol–water partition coefficient (Wildman–Crippen LogP) is -0.628. The third-order valence-electron chi connectivity index (χ3n) is 3.91. The smallest absolute Gasteiger partial charge is 0.423 e. The van der Waals surface area contributed by atoms with Crippen LogP contribution in [0.25, 0.3) is 11.5 Å². The third kappa shape index (κ3) is 3.41. The first-order chi connectivity index (χ1) is 13.0. The molecule has 0 radical (unpaired) electrons. The molecule has 3 rings (SSSR count). The maximum atomic E-state index is 12.9. The highest BCUT2D eigenvalue weighted by Gasteiger charge is 2.32. The fourth-order valence-electron chi connectivity index (χ4n) is 2.42. The highest BCUT2D eigenvalue weighted by Crippen LogP contribution is 2.28. The Hall–Kier alpha value is -2.71. The maximum Gasteiger partial charge on any atom is 0.490 e. The molecular formula is C14H12BF3N4O5S. The molecule has 0 aliphatic heterocycles. The molecule has 2 N–H and O–H groups in total. The number of hydrogen-bond acceptors (Lipinski definition) is 7. The normalized spacial score (nSPS) is 12.5. The zero-order chi connectivity index (χ0) is 20.9. The van der Waals surface area contributed by atoms with E-state index in [1.54, 1.807) is 0 Å². The Morgan fingerprint density at radius 1 is 1.25 bits per heavy atom. The predicted molar refractivity (Wildman–Crippen MR) is 91.1 cm³/mol. The lowest BCUT2D eigenvalue weighted by Gasteiger charge is -2.09. The molecule has 14 heteroatoms. The molecular weight excluding hydrogens is 404 g/mol. The van der Waals surface area contributed by atoms with E-state index in [4.69, 9.17) is 0 Å². The van der Waals surface area contributed by atoms with E-state index in [2.05, 4.69) is 10.1 Å². The number of aromatic nitrogens is 4. The van der Waals surface area contributed by atoms with E-state index >= 15 is 0 Å². The quantitative estimate of drug-likeness (QED) is 0.543. The SMILES string of the molecule is CCS(=O)(=O)c1cc(B(O)O)cnc1-n1nc2ccc(C(F)(F)F)cn2c1=O. The summed E-state index contributed by atoms with van der Waals surface area (Å²) in [4.78, 5) is 15.8. The fourth-order valence-corrected chi connectivity index (χ4v) is 3.46. The van der Waals surface area contributed by atoms with Crippen LogP contribution in [-0.2, 0) is 16.0 Å². The summed E-state index contributed by atoms with van der Waals surface area (Å²) in [5.74, 6) is -0.860. The van der Waals surface area contributed by atoms with Crippen LogP contribution in [0.1, 0.15) is 12.5 Å². The summed E-state index contributed by atoms with van der Waals surface area (Å²) in [5.41, 5.74) is -2.56. The first-order valence-electron chi connectivity index (χ1n) is 7.73. The number of hydrogen-bond donors (Lipinski definition) is 2. The second-order valence-corrected chi connectivity index (χ2v) is 7.95. The standard InChI is InChI=1S/C14H12BF3N4O5S/c1-2-28(26,27)10-5-9(15(24)25)6-19-12(10)22-13(23)21-7-8(14(16,17)18)3-4-11(21)20-22/h3-7,24-25H,2H2,1H3. The van der Waals surface area contributed by atoms with Crippen molar-refractivity contribution >= 4 is 28.1 Å². The molecule has 3 heterocycles. The second-order valence-electron chi connectivity index (χ2n) is 5.71. The minimum Gasteiger partial charge on any atom is -0.423 e. The van der Waals surface area contributed by atoms with Gasteiger partial charge in [0.15, 0.2) is 21.3 Å². The van der Waals surface area contributed by atoms with Crippen molar-refractivity contribution < 1.29 is 31.6 Å². The molecule has 3 aromatic heterocycles. The van der Waals surface area contributed by atoms with Gasteiger partial charge in [0.2, 0.25) is 0 Å². The molecule has 148 valence electrons. The van der Waals surface area contributed by atoms with Crippen molar-refractivity contribution in [2.45, 2.75) is 18.0 Å². The highest BCUT2D eigenvalue weighted by atomic mass is 32.2. The van der Waals surface area contributed by atoms with Crippen molar-refractivity contribution in [2.75, 3.05) is 5.75 Å². The number of sulfone groups is 1. The summed E-state index contributed by atoms with van der Waals surface area (Å²) in [6.45, 7) is 1.32. The van der Waals surface area contributed by atoms with Gasteiger partial charge in [-0.15, -0.1) is 5.10 Å². The van der Waals surface area contributed by atoms with Gasteiger partial charge in [-0.25, -0.2) is 22.6 Å². The van der Waals surface area contributed by atoms with Crippen LogP contribution in [0, 0.1) is 0 Å². The van der Waals surface area contributed by atoms with Gasteiger partial charge in [0.05, 0.1) is 11.3 Å². The number of rotatable bonds is 4. The Labute approximate surface area is 155 Å². The first kappa shape index (κ1) is 20.0. The summed E-state index contributed by atoms with van der Waals surface area (Å²) >= 11 is 0. The average molecular weight is 416 g/mol. The Bertz CT molecular complexity index is 1220. The molecule has 0 spiro atoms. The second kappa shape index (κ2) is 6.72. The lowest BCUT2D eigenvalue weighted by molar-refractivity contribution is -0.137. The fraction of sp³-hybridized carbons (Fsp3) is 0.214. The number of pyridine rings is 2. The topological polar surface area (TPSA) is 127 Å². The molecule has 0 amide bonds. The van der Waals surface area contributed by atoms with E-state index < -0.39 is 50.9 Å². The molecule has 0 aliphatic rings. The van der Waals surface area contributed by atoms with Crippen molar-refractivity contribution in [3.63, 3.8) is 0 Å². The number of alkyl halides is 3. The number of fused-ring (bicyclic) bond motifs is 1. The van der Waals surface area contributed by atoms with E-state index in [1.807, 2.05) is 0 Å². The van der Waals surface area contributed by atoms with Gasteiger partial charge in [-0.05, 0) is 18.2 Å². The highest BCUT2D eigenvalue weighted by molar-refractivity contribution is 7.91. The van der Waals surface area contributed by atoms with Crippen molar-refractivity contribution in [1.29, 1.82) is 0 Å². The zero-order valence-electron chi connectivity index (χ0n) is 14.1. The summed E-state index contributed by atoms with van der Waals surface area (Å²) in [6.07, 6.45) is -3.23. The van der Waals surface area contributed by atoms with Crippen LogP contribution in [0.4, 0.5) is 13.2 Å². The third-order valence-corrected chi connectivity index (χ3v) is 5.64. The maximum absolute atomic E-state index is 12.9. The van der Waals surface area contributed by atoms with Gasteiger partial charge < -0.3 is 10.0 Å². The molecule has 0 atom stereocenters. The van der Waals surface area contributed by atoms with Crippen LogP contribution in [0.2, 0.25) is 0 Å². The lowest BCUT2D eigenvalue weighted by Crippen LogP contribution is -2.32. The van der Waals surface area contributed by atoms with Crippen molar-refractivity contribution in [3.8, 4) is 5.82 Å². The van der Waals surface area contributed by atoms with Crippen LogP contribution in [0.3, 0.4) is 0 Å². The molecule has 28 heavy (non-hydrogen) atoms. The van der Waals surface area contributed by atoms with Crippen LogP contribution < -0.4 is 11.2 Å². The molecule has 0 fully saturated rings. The zero-order valence-corrected chi connectivity index (χ0v) is 14.9. The van der Waals surface area contributed by atoms with Gasteiger partial charge in [0, 0.05) is 17.9 Å². The van der Waals surface area contributed by atoms with Gasteiger partial charge in [-0.1, -0.05) is 6.92 Å². The minimum absolute atomic E-state index is 0.161. The largest absolute Gasteiger partial charge is 0.490 e. The Kier molecular flexibility index (Phi) is 4.81. The van der Waals surface area contributed by atoms with E-state index in [0.29, 0.717) is 15.3 Å². The summed E-state index contributed by atoms with van der Waals surface area (Å²) in [6, 6.07) is 2.61. The number of nitrogens with zero attached hydrogens (tertiary/aromatic N) is 4. The van der Waals surface area contributed by atoms with E-state index in [-0.39, 0.29) is 11.1 Å². The van der Waals surface area contributed by atoms with Gasteiger partial charge >= 0.3 is 19.0 Å². The molecule has 0 bridgehead atoms. The van der Waals surface area contributed by atoms with Crippen LogP contribution in [0.5, 0.6) is 0 Å². The molecule has 9 nitrogen and oxygen atoms in total. The van der Waals surface area contributed by atoms with Crippen molar-refractivity contribution in [2.24, 2.45) is 0 Å². The van der Waals surface area contributed by atoms with Crippen molar-refractivity contribution in [3.05, 3.63) is 46.6 Å². The first-order valence-corrected chi connectivity index (χ1v) is 9.39. The molecule has 0 aromatic carbocycles. The van der Waals surface area contributed by atoms with Gasteiger partial charge in [0.25, 0.3) is 0 Å². The molecule has 0 saturated heterocycles. The number of halogens is 3. The summed E-state index contributed by atoms with van der Waals surface area (Å²) in [7, 11) is -6.01. The van der Waals surface area contributed by atoms with Gasteiger partial charge in [-0.3, -0.25) is 0 Å². The molecule has 0 aliphatic carbocycles. The molecule has 0 unspecified atom stereocenters. The van der Waals surface area contributed by atoms with Crippen molar-refractivity contribution in [1.82, 2.24) is 19.2 Å². The summed E-state index contributed by atoms with van der Waals surface area (Å²) < 4.78 is 64.6. The monoisotopic (exact) mass is 416 g/mol.